The Bertz CT molecular complexity index is 1750. The summed E-state index contributed by atoms with van der Waals surface area (Å²) < 4.78 is 9.17. The van der Waals surface area contributed by atoms with Crippen molar-refractivity contribution in [1.82, 2.24) is 4.57 Å². The summed E-state index contributed by atoms with van der Waals surface area (Å²) in [6.45, 7) is 0.143. The molecule has 1 aromatic heterocycles. The van der Waals surface area contributed by atoms with E-state index < -0.39 is 0 Å². The molecule has 0 atom stereocenters. The van der Waals surface area contributed by atoms with Crippen LogP contribution < -0.4 is 21.1 Å². The zero-order chi connectivity index (χ0) is 21.5. The number of para-hydroxylation sites is 3. The summed E-state index contributed by atoms with van der Waals surface area (Å²) in [5, 5.41) is 2.56. The third-order valence-corrected chi connectivity index (χ3v) is 7.25. The molecule has 0 aliphatic carbocycles. The molecule has 152 valence electrons. The maximum atomic E-state index is 6.73. The minimum Gasteiger partial charge on any atom is -0.458 e. The van der Waals surface area contributed by atoms with Gasteiger partial charge in [0.15, 0.2) is 0 Å². The molecule has 0 saturated carbocycles. The monoisotopic (exact) mass is 419 g/mol. The highest BCUT2D eigenvalue weighted by atomic mass is 16.5. The SMILES string of the molecule is c1ccc(-c2cc3c4ccccc4n4c3c3c2Oc2ccccc2B3c2ccccc2-4)cc1. The first-order valence-electron chi connectivity index (χ1n) is 11.4. The number of aromatic nitrogens is 1. The van der Waals surface area contributed by atoms with Crippen molar-refractivity contribution in [2.75, 3.05) is 0 Å². The van der Waals surface area contributed by atoms with Crippen molar-refractivity contribution >= 4 is 44.9 Å². The Labute approximate surface area is 191 Å². The van der Waals surface area contributed by atoms with E-state index in [9.17, 15) is 0 Å². The van der Waals surface area contributed by atoms with Crippen molar-refractivity contribution in [2.24, 2.45) is 0 Å². The van der Waals surface area contributed by atoms with E-state index in [1.165, 1.54) is 49.4 Å². The quantitative estimate of drug-likeness (QED) is 0.326. The van der Waals surface area contributed by atoms with Crippen LogP contribution in [0.4, 0.5) is 0 Å². The standard InChI is InChI=1S/C30H18BNO/c1-2-10-19(11-3-1)21-18-22-20-12-4-7-15-25(20)32-26-16-8-5-13-23(26)31-24-14-6-9-17-27(24)33-30(21)28(31)29(22)32/h1-18H. The summed E-state index contributed by atoms with van der Waals surface area (Å²) in [4.78, 5) is 0. The van der Waals surface area contributed by atoms with Crippen molar-refractivity contribution in [3.8, 4) is 28.3 Å². The second-order valence-electron chi connectivity index (χ2n) is 8.91. The van der Waals surface area contributed by atoms with Gasteiger partial charge in [-0.25, -0.2) is 0 Å². The van der Waals surface area contributed by atoms with Crippen LogP contribution in [-0.4, -0.2) is 11.3 Å². The highest BCUT2D eigenvalue weighted by Gasteiger charge is 2.41. The lowest BCUT2D eigenvalue weighted by molar-refractivity contribution is 0.489. The minimum absolute atomic E-state index is 0.143. The van der Waals surface area contributed by atoms with Crippen molar-refractivity contribution in [1.29, 1.82) is 0 Å². The number of fused-ring (bicyclic) bond motifs is 8. The summed E-state index contributed by atoms with van der Waals surface area (Å²) in [5.74, 6) is 1.93. The van der Waals surface area contributed by atoms with Gasteiger partial charge in [0.2, 0.25) is 0 Å². The molecule has 33 heavy (non-hydrogen) atoms. The molecular formula is C30H18BNO. The molecule has 0 radical (unpaired) electrons. The summed E-state index contributed by atoms with van der Waals surface area (Å²) >= 11 is 0. The van der Waals surface area contributed by atoms with Gasteiger partial charge < -0.3 is 9.30 Å². The summed E-state index contributed by atoms with van der Waals surface area (Å²) in [6, 6.07) is 39.1. The second kappa shape index (κ2) is 6.17. The normalized spacial score (nSPS) is 13.0. The maximum Gasteiger partial charge on any atom is 0.256 e. The van der Waals surface area contributed by atoms with Crippen LogP contribution in [0.15, 0.2) is 109 Å². The number of ether oxygens (including phenoxy) is 1. The van der Waals surface area contributed by atoms with Gasteiger partial charge in [0.05, 0.1) is 11.0 Å². The summed E-state index contributed by atoms with van der Waals surface area (Å²) in [6.07, 6.45) is 0. The number of nitrogens with zero attached hydrogens (tertiary/aromatic N) is 1. The first kappa shape index (κ1) is 17.3. The van der Waals surface area contributed by atoms with Crippen LogP contribution in [0, 0.1) is 0 Å². The van der Waals surface area contributed by atoms with Crippen LogP contribution in [0.2, 0.25) is 0 Å². The fourth-order valence-corrected chi connectivity index (χ4v) is 5.93. The van der Waals surface area contributed by atoms with Crippen LogP contribution in [0.5, 0.6) is 11.5 Å². The smallest absolute Gasteiger partial charge is 0.256 e. The lowest BCUT2D eigenvalue weighted by Gasteiger charge is -2.34. The molecule has 5 aromatic carbocycles. The van der Waals surface area contributed by atoms with Gasteiger partial charge in [-0.1, -0.05) is 84.9 Å². The molecule has 2 aliphatic heterocycles. The molecule has 0 unspecified atom stereocenters. The molecule has 0 saturated heterocycles. The number of benzene rings is 5. The first-order valence-corrected chi connectivity index (χ1v) is 11.4. The maximum absolute atomic E-state index is 6.73. The lowest BCUT2D eigenvalue weighted by Crippen LogP contribution is -2.58. The van der Waals surface area contributed by atoms with E-state index >= 15 is 0 Å². The third kappa shape index (κ3) is 2.14. The first-order chi connectivity index (χ1) is 16.4. The average Bonchev–Trinajstić information content (AvgIpc) is 3.22. The molecule has 8 rings (SSSR count). The molecule has 0 fully saturated rings. The van der Waals surface area contributed by atoms with Crippen molar-refractivity contribution in [3.05, 3.63) is 109 Å². The number of rotatable bonds is 1. The average molecular weight is 419 g/mol. The Morgan fingerprint density at radius 2 is 1.36 bits per heavy atom. The molecule has 2 nitrogen and oxygen atoms in total. The van der Waals surface area contributed by atoms with E-state index in [1.54, 1.807) is 0 Å². The second-order valence-corrected chi connectivity index (χ2v) is 8.91. The van der Waals surface area contributed by atoms with E-state index in [1.807, 2.05) is 0 Å². The van der Waals surface area contributed by atoms with E-state index in [-0.39, 0.29) is 6.71 Å². The van der Waals surface area contributed by atoms with E-state index in [0.717, 1.165) is 17.1 Å². The van der Waals surface area contributed by atoms with Crippen LogP contribution in [0.25, 0.3) is 38.6 Å². The molecule has 0 amide bonds. The fraction of sp³-hybridized carbons (Fsp3) is 0. The molecule has 0 N–H and O–H groups in total. The Morgan fingerprint density at radius 3 is 2.27 bits per heavy atom. The predicted molar refractivity (Wildman–Crippen MR) is 137 cm³/mol. The zero-order valence-electron chi connectivity index (χ0n) is 17.8. The molecule has 0 spiro atoms. The van der Waals surface area contributed by atoms with Crippen LogP contribution in [0.3, 0.4) is 0 Å². The Balaban J connectivity index is 1.64. The molecule has 3 heterocycles. The minimum atomic E-state index is 0.143. The molecule has 0 bridgehead atoms. The third-order valence-electron chi connectivity index (χ3n) is 7.25. The highest BCUT2D eigenvalue weighted by molar-refractivity contribution is 6.99. The van der Waals surface area contributed by atoms with Gasteiger partial charge in [-0.15, -0.1) is 0 Å². The van der Waals surface area contributed by atoms with Gasteiger partial charge in [-0.2, -0.15) is 0 Å². The Morgan fingerprint density at radius 1 is 0.636 bits per heavy atom. The Hall–Kier alpha value is -4.24. The van der Waals surface area contributed by atoms with E-state index in [2.05, 4.69) is 114 Å². The van der Waals surface area contributed by atoms with Crippen molar-refractivity contribution in [2.45, 2.75) is 0 Å². The van der Waals surface area contributed by atoms with Crippen LogP contribution in [-0.2, 0) is 0 Å². The molecule has 3 heteroatoms. The fourth-order valence-electron chi connectivity index (χ4n) is 5.93. The van der Waals surface area contributed by atoms with Gasteiger partial charge in [0.1, 0.15) is 11.5 Å². The Kier molecular flexibility index (Phi) is 3.24. The van der Waals surface area contributed by atoms with E-state index in [0.29, 0.717) is 0 Å². The van der Waals surface area contributed by atoms with Gasteiger partial charge in [0.25, 0.3) is 6.71 Å². The van der Waals surface area contributed by atoms with Crippen LogP contribution in [0.1, 0.15) is 0 Å². The van der Waals surface area contributed by atoms with Gasteiger partial charge in [-0.3, -0.25) is 0 Å². The molecule has 6 aromatic rings. The topological polar surface area (TPSA) is 14.2 Å². The lowest BCUT2D eigenvalue weighted by atomic mass is 9.34. The van der Waals surface area contributed by atoms with Gasteiger partial charge in [0, 0.05) is 22.0 Å². The highest BCUT2D eigenvalue weighted by Crippen LogP contribution is 2.43. The summed E-state index contributed by atoms with van der Waals surface area (Å²) in [7, 11) is 0. The van der Waals surface area contributed by atoms with Crippen molar-refractivity contribution in [3.63, 3.8) is 0 Å². The zero-order valence-corrected chi connectivity index (χ0v) is 17.8. The van der Waals surface area contributed by atoms with Gasteiger partial charge in [-0.05, 0) is 46.2 Å². The van der Waals surface area contributed by atoms with Crippen LogP contribution >= 0.6 is 0 Å². The number of hydrogen-bond donors (Lipinski definition) is 0. The van der Waals surface area contributed by atoms with Crippen molar-refractivity contribution < 1.29 is 4.74 Å². The number of hydrogen-bond acceptors (Lipinski definition) is 1. The predicted octanol–water partition coefficient (Wildman–Crippen LogP) is 5.39. The van der Waals surface area contributed by atoms with Gasteiger partial charge >= 0.3 is 0 Å². The largest absolute Gasteiger partial charge is 0.458 e. The van der Waals surface area contributed by atoms with E-state index in [4.69, 9.17) is 4.74 Å². The molecule has 2 aliphatic rings. The molecular weight excluding hydrogens is 401 g/mol. The summed E-state index contributed by atoms with van der Waals surface area (Å²) in [5.41, 5.74) is 9.94.